The maximum Gasteiger partial charge on any atom is 0.342 e. The number of ether oxygens (including phenoxy) is 8. The maximum atomic E-state index is 13.2. The number of hydrogen-bond acceptors (Lipinski definition) is 9. The molecule has 1 aromatic carbocycles. The Kier molecular flexibility index (Phi) is 9.95. The molecule has 3 rings (SSSR count). The number of cyclic esters (lactones) is 1. The molecule has 4 atom stereocenters. The van der Waals surface area contributed by atoms with Gasteiger partial charge in [-0.3, -0.25) is 0 Å². The summed E-state index contributed by atoms with van der Waals surface area (Å²) in [5.74, 6) is 0.331. The summed E-state index contributed by atoms with van der Waals surface area (Å²) in [5.41, 5.74) is 0.944. The summed E-state index contributed by atoms with van der Waals surface area (Å²) in [7, 11) is 4.64. The molecule has 2 aliphatic rings. The lowest BCUT2D eigenvalue weighted by molar-refractivity contribution is -0.178. The van der Waals surface area contributed by atoms with Crippen molar-refractivity contribution >= 4 is 12.0 Å². The van der Waals surface area contributed by atoms with Gasteiger partial charge in [0.2, 0.25) is 0 Å². The number of esters is 1. The van der Waals surface area contributed by atoms with Crippen LogP contribution in [0.1, 0.15) is 48.5 Å². The maximum absolute atomic E-state index is 13.2. The van der Waals surface area contributed by atoms with Crippen molar-refractivity contribution < 1.29 is 42.7 Å². The summed E-state index contributed by atoms with van der Waals surface area (Å²) in [6.07, 6.45) is 6.16. The predicted molar refractivity (Wildman–Crippen MR) is 119 cm³/mol. The summed E-state index contributed by atoms with van der Waals surface area (Å²) in [6.45, 7) is 2.09. The lowest BCUT2D eigenvalue weighted by Crippen LogP contribution is -2.42. The molecule has 9 heteroatoms. The molecule has 184 valence electrons. The van der Waals surface area contributed by atoms with Crippen LogP contribution in [-0.4, -0.2) is 72.1 Å². The van der Waals surface area contributed by atoms with Crippen LogP contribution < -0.4 is 9.47 Å². The van der Waals surface area contributed by atoms with Crippen molar-refractivity contribution in [1.29, 1.82) is 0 Å². The molecule has 0 amide bonds. The first-order valence-corrected chi connectivity index (χ1v) is 11.1. The highest BCUT2D eigenvalue weighted by molar-refractivity contribution is 5.97. The quantitative estimate of drug-likeness (QED) is 0.400. The Hall–Kier alpha value is -2.17. The van der Waals surface area contributed by atoms with Crippen LogP contribution in [0.5, 0.6) is 11.5 Å². The van der Waals surface area contributed by atoms with Gasteiger partial charge in [0.05, 0.1) is 18.3 Å². The second kappa shape index (κ2) is 12.9. The smallest absolute Gasteiger partial charge is 0.342 e. The highest BCUT2D eigenvalue weighted by Gasteiger charge is 2.34. The van der Waals surface area contributed by atoms with E-state index in [1.165, 1.54) is 14.2 Å². The largest absolute Gasteiger partial charge is 0.467 e. The summed E-state index contributed by atoms with van der Waals surface area (Å²) in [4.78, 5) is 13.2. The van der Waals surface area contributed by atoms with E-state index in [0.29, 0.717) is 35.5 Å². The first-order valence-electron chi connectivity index (χ1n) is 11.1. The predicted octanol–water partition coefficient (Wildman–Crippen LogP) is 3.54. The lowest BCUT2D eigenvalue weighted by atomic mass is 9.95. The molecule has 2 bridgehead atoms. The Balaban J connectivity index is 1.92. The van der Waals surface area contributed by atoms with Crippen molar-refractivity contribution in [1.82, 2.24) is 0 Å². The van der Waals surface area contributed by atoms with Crippen LogP contribution in [0, 0.1) is 0 Å². The van der Waals surface area contributed by atoms with E-state index < -0.39 is 12.1 Å². The van der Waals surface area contributed by atoms with Crippen molar-refractivity contribution in [2.75, 3.05) is 41.7 Å². The molecule has 0 N–H and O–H groups in total. The molecule has 0 spiro atoms. The van der Waals surface area contributed by atoms with Crippen LogP contribution >= 0.6 is 0 Å². The van der Waals surface area contributed by atoms with Gasteiger partial charge < -0.3 is 37.9 Å². The standard InChI is InChI=1S/C24H34O9/c1-16-10-21-20(30-14-27-3)9-8-18(33-21)7-5-6-17-11-19(29-13-26-2)12-22(31-15-28-4)23(17)24(25)32-16/h5-6,11-12,16,18,20-21H,7-10,13-15H2,1-4H3/b6-5-/t16-,18+,20-,21+/m0/s1. The Morgan fingerprint density at radius 1 is 1.00 bits per heavy atom. The van der Waals surface area contributed by atoms with Crippen LogP contribution in [0.25, 0.3) is 6.08 Å². The third kappa shape index (κ3) is 7.15. The van der Waals surface area contributed by atoms with Crippen molar-refractivity contribution in [3.63, 3.8) is 0 Å². The van der Waals surface area contributed by atoms with E-state index in [2.05, 4.69) is 0 Å². The Morgan fingerprint density at radius 2 is 1.76 bits per heavy atom. The highest BCUT2D eigenvalue weighted by Crippen LogP contribution is 2.34. The molecule has 1 aromatic rings. The third-order valence-electron chi connectivity index (χ3n) is 5.51. The van der Waals surface area contributed by atoms with E-state index in [4.69, 9.17) is 37.9 Å². The molecule has 9 nitrogen and oxygen atoms in total. The summed E-state index contributed by atoms with van der Waals surface area (Å²) in [6, 6.07) is 3.40. The second-order valence-electron chi connectivity index (χ2n) is 8.06. The van der Waals surface area contributed by atoms with E-state index in [-0.39, 0.29) is 38.7 Å². The minimum Gasteiger partial charge on any atom is -0.467 e. The molecular weight excluding hydrogens is 432 g/mol. The summed E-state index contributed by atoms with van der Waals surface area (Å²) < 4.78 is 44.4. The van der Waals surface area contributed by atoms with E-state index in [0.717, 1.165) is 12.8 Å². The number of rotatable bonds is 9. The van der Waals surface area contributed by atoms with Gasteiger partial charge in [-0.2, -0.15) is 0 Å². The fraction of sp³-hybridized carbons (Fsp3) is 0.625. The van der Waals surface area contributed by atoms with Gasteiger partial charge in [0.25, 0.3) is 0 Å². The van der Waals surface area contributed by atoms with Gasteiger partial charge in [-0.1, -0.05) is 12.2 Å². The SMILES string of the molecule is COCOc1cc2c(c(OCOC)c1)C(=O)O[C@@H](C)C[C@H]1O[C@H](C/C=C\2)CC[C@@H]1OCOC. The monoisotopic (exact) mass is 466 g/mol. The Labute approximate surface area is 194 Å². The molecule has 2 heterocycles. The number of hydrogen-bond donors (Lipinski definition) is 0. The van der Waals surface area contributed by atoms with Crippen LogP contribution in [0.2, 0.25) is 0 Å². The third-order valence-corrected chi connectivity index (χ3v) is 5.51. The normalized spacial score (nSPS) is 26.4. The van der Waals surface area contributed by atoms with Crippen molar-refractivity contribution in [3.8, 4) is 11.5 Å². The zero-order chi connectivity index (χ0) is 23.6. The van der Waals surface area contributed by atoms with Gasteiger partial charge in [0.1, 0.15) is 30.0 Å². The summed E-state index contributed by atoms with van der Waals surface area (Å²) in [5, 5.41) is 0. The Morgan fingerprint density at radius 3 is 2.52 bits per heavy atom. The average molecular weight is 467 g/mol. The molecule has 0 radical (unpaired) electrons. The number of carbonyl (C=O) groups excluding carboxylic acids is 1. The zero-order valence-corrected chi connectivity index (χ0v) is 19.7. The van der Waals surface area contributed by atoms with Gasteiger partial charge in [0.15, 0.2) is 13.6 Å². The first-order chi connectivity index (χ1) is 16.0. The van der Waals surface area contributed by atoms with Crippen LogP contribution in [0.3, 0.4) is 0 Å². The van der Waals surface area contributed by atoms with E-state index in [1.807, 2.05) is 19.1 Å². The van der Waals surface area contributed by atoms with Crippen molar-refractivity contribution in [3.05, 3.63) is 29.3 Å². The molecule has 0 unspecified atom stereocenters. The number of carbonyl (C=O) groups is 1. The van der Waals surface area contributed by atoms with Crippen LogP contribution in [0.4, 0.5) is 0 Å². The minimum absolute atomic E-state index is 0.0246. The molecule has 1 saturated heterocycles. The van der Waals surface area contributed by atoms with Gasteiger partial charge in [0, 0.05) is 33.8 Å². The first kappa shape index (κ1) is 25.5. The molecule has 0 aliphatic carbocycles. The van der Waals surface area contributed by atoms with Gasteiger partial charge in [-0.15, -0.1) is 0 Å². The lowest BCUT2D eigenvalue weighted by Gasteiger charge is -2.37. The summed E-state index contributed by atoms with van der Waals surface area (Å²) >= 11 is 0. The fourth-order valence-corrected chi connectivity index (χ4v) is 4.04. The zero-order valence-electron chi connectivity index (χ0n) is 19.7. The van der Waals surface area contributed by atoms with Crippen LogP contribution in [0.15, 0.2) is 18.2 Å². The van der Waals surface area contributed by atoms with E-state index in [1.54, 1.807) is 19.2 Å². The average Bonchev–Trinajstić information content (AvgIpc) is 2.79. The topological polar surface area (TPSA) is 90.9 Å². The number of methoxy groups -OCH3 is 3. The molecule has 2 aliphatic heterocycles. The van der Waals surface area contributed by atoms with E-state index in [9.17, 15) is 4.79 Å². The van der Waals surface area contributed by atoms with E-state index >= 15 is 0 Å². The number of benzene rings is 1. The molecule has 0 aromatic heterocycles. The highest BCUT2D eigenvalue weighted by atomic mass is 16.7. The number of fused-ring (bicyclic) bond motifs is 3. The minimum atomic E-state index is -0.492. The van der Waals surface area contributed by atoms with Gasteiger partial charge in [-0.25, -0.2) is 4.79 Å². The fourth-order valence-electron chi connectivity index (χ4n) is 4.04. The Bertz CT molecular complexity index is 794. The second-order valence-corrected chi connectivity index (χ2v) is 8.06. The molecule has 1 fully saturated rings. The van der Waals surface area contributed by atoms with Gasteiger partial charge >= 0.3 is 5.97 Å². The van der Waals surface area contributed by atoms with Crippen molar-refractivity contribution in [2.45, 2.75) is 57.0 Å². The van der Waals surface area contributed by atoms with Crippen LogP contribution in [-0.2, 0) is 28.4 Å². The molecule has 33 heavy (non-hydrogen) atoms. The van der Waals surface area contributed by atoms with Gasteiger partial charge in [-0.05, 0) is 37.8 Å². The molecular formula is C24H34O9. The van der Waals surface area contributed by atoms with Crippen molar-refractivity contribution in [2.24, 2.45) is 0 Å². The molecule has 0 saturated carbocycles.